The molecule has 0 bridgehead atoms. The average Bonchev–Trinajstić information content (AvgIpc) is 2.96. The minimum Gasteiger partial charge on any atom is -0.380 e. The molecule has 0 amide bonds. The van der Waals surface area contributed by atoms with E-state index in [1.165, 1.54) is 6.07 Å². The van der Waals surface area contributed by atoms with Crippen LogP contribution in [-0.2, 0) is 0 Å². The Morgan fingerprint density at radius 3 is 2.58 bits per heavy atom. The molecule has 0 aliphatic heterocycles. The molecule has 1 aromatic carbocycles. The molecule has 1 atom stereocenters. The standard InChI is InChI=1S/C15H12F3N5O/c1-7-4-12(23-22-7)20-14-11(18)6-19-15(21-14)13(24)8-2-3-9(16)10(17)5-8/h2-6,13,24H,1H3,(H2,19,20,21,22,23). The number of aryl methyl sites for hydroxylation is 1. The fraction of sp³-hybridized carbons (Fsp3) is 0.133. The van der Waals surface area contributed by atoms with Gasteiger partial charge in [0.15, 0.2) is 34.9 Å². The van der Waals surface area contributed by atoms with Crippen LogP contribution < -0.4 is 5.32 Å². The number of anilines is 2. The minimum absolute atomic E-state index is 0.0436. The van der Waals surface area contributed by atoms with Crippen LogP contribution in [0.15, 0.2) is 30.5 Å². The smallest absolute Gasteiger partial charge is 0.184 e. The van der Waals surface area contributed by atoms with Gasteiger partial charge in [0.2, 0.25) is 0 Å². The Kier molecular flexibility index (Phi) is 4.17. The van der Waals surface area contributed by atoms with Gasteiger partial charge in [0, 0.05) is 11.8 Å². The summed E-state index contributed by atoms with van der Waals surface area (Å²) in [5, 5.41) is 19.4. The van der Waals surface area contributed by atoms with Crippen molar-refractivity contribution in [3.8, 4) is 0 Å². The van der Waals surface area contributed by atoms with Crippen LogP contribution in [0.3, 0.4) is 0 Å². The van der Waals surface area contributed by atoms with E-state index in [-0.39, 0.29) is 17.2 Å². The van der Waals surface area contributed by atoms with Crippen LogP contribution in [0.4, 0.5) is 24.8 Å². The van der Waals surface area contributed by atoms with Crippen molar-refractivity contribution >= 4 is 11.6 Å². The highest BCUT2D eigenvalue weighted by Crippen LogP contribution is 2.23. The molecule has 9 heteroatoms. The molecule has 124 valence electrons. The zero-order valence-corrected chi connectivity index (χ0v) is 12.4. The third-order valence-electron chi connectivity index (χ3n) is 3.22. The lowest BCUT2D eigenvalue weighted by molar-refractivity contribution is 0.209. The van der Waals surface area contributed by atoms with E-state index >= 15 is 0 Å². The summed E-state index contributed by atoms with van der Waals surface area (Å²) >= 11 is 0. The summed E-state index contributed by atoms with van der Waals surface area (Å²) in [7, 11) is 0. The number of hydrogen-bond acceptors (Lipinski definition) is 5. The van der Waals surface area contributed by atoms with Gasteiger partial charge in [0.05, 0.1) is 6.20 Å². The fourth-order valence-electron chi connectivity index (χ4n) is 2.04. The number of nitrogens with one attached hydrogen (secondary N) is 2. The lowest BCUT2D eigenvalue weighted by Gasteiger charge is -2.12. The highest BCUT2D eigenvalue weighted by Gasteiger charge is 2.18. The van der Waals surface area contributed by atoms with Gasteiger partial charge in [-0.05, 0) is 24.6 Å². The molecule has 2 aromatic heterocycles. The Hall–Kier alpha value is -2.94. The van der Waals surface area contributed by atoms with E-state index in [9.17, 15) is 18.3 Å². The lowest BCUT2D eigenvalue weighted by atomic mass is 10.1. The normalized spacial score (nSPS) is 12.2. The van der Waals surface area contributed by atoms with Crippen molar-refractivity contribution in [1.82, 2.24) is 20.2 Å². The summed E-state index contributed by atoms with van der Waals surface area (Å²) in [6, 6.07) is 4.53. The highest BCUT2D eigenvalue weighted by atomic mass is 19.2. The first-order valence-electron chi connectivity index (χ1n) is 6.88. The largest absolute Gasteiger partial charge is 0.380 e. The van der Waals surface area contributed by atoms with E-state index in [2.05, 4.69) is 25.5 Å². The molecule has 0 saturated carbocycles. The first-order valence-corrected chi connectivity index (χ1v) is 6.88. The third kappa shape index (κ3) is 3.20. The van der Waals surface area contributed by atoms with Crippen molar-refractivity contribution in [3.63, 3.8) is 0 Å². The number of H-pyrrole nitrogens is 1. The molecular weight excluding hydrogens is 323 g/mol. The van der Waals surface area contributed by atoms with Crippen LogP contribution in [-0.4, -0.2) is 25.3 Å². The highest BCUT2D eigenvalue weighted by molar-refractivity contribution is 5.52. The molecule has 3 rings (SSSR count). The summed E-state index contributed by atoms with van der Waals surface area (Å²) in [5.74, 6) is -2.94. The van der Waals surface area contributed by atoms with Crippen LogP contribution in [0.1, 0.15) is 23.2 Å². The predicted octanol–water partition coefficient (Wildman–Crippen LogP) is 2.75. The number of aromatic amines is 1. The van der Waals surface area contributed by atoms with E-state index in [4.69, 9.17) is 0 Å². The molecule has 24 heavy (non-hydrogen) atoms. The van der Waals surface area contributed by atoms with Crippen molar-refractivity contribution in [1.29, 1.82) is 0 Å². The number of aromatic nitrogens is 4. The van der Waals surface area contributed by atoms with Crippen LogP contribution in [0, 0.1) is 24.4 Å². The summed E-state index contributed by atoms with van der Waals surface area (Å²) in [6.07, 6.45) is -0.574. The number of hydrogen-bond donors (Lipinski definition) is 3. The summed E-state index contributed by atoms with van der Waals surface area (Å²) in [5.41, 5.74) is 0.802. The maximum Gasteiger partial charge on any atom is 0.184 e. The molecule has 0 saturated heterocycles. The van der Waals surface area contributed by atoms with Crippen LogP contribution >= 0.6 is 0 Å². The molecule has 6 nitrogen and oxygen atoms in total. The Balaban J connectivity index is 1.90. The first-order chi connectivity index (χ1) is 11.4. The van der Waals surface area contributed by atoms with Gasteiger partial charge in [-0.3, -0.25) is 5.10 Å². The van der Waals surface area contributed by atoms with E-state index in [1.807, 2.05) is 0 Å². The number of nitrogens with zero attached hydrogens (tertiary/aromatic N) is 3. The van der Waals surface area contributed by atoms with Crippen LogP contribution in [0.5, 0.6) is 0 Å². The predicted molar refractivity (Wildman–Crippen MR) is 79.0 cm³/mol. The van der Waals surface area contributed by atoms with Crippen LogP contribution in [0.25, 0.3) is 0 Å². The van der Waals surface area contributed by atoms with Crippen molar-refractivity contribution < 1.29 is 18.3 Å². The average molecular weight is 335 g/mol. The number of aliphatic hydroxyl groups is 1. The van der Waals surface area contributed by atoms with E-state index in [0.717, 1.165) is 24.0 Å². The molecule has 0 spiro atoms. The quantitative estimate of drug-likeness (QED) is 0.682. The second-order valence-corrected chi connectivity index (χ2v) is 5.06. The van der Waals surface area contributed by atoms with Gasteiger partial charge < -0.3 is 10.4 Å². The van der Waals surface area contributed by atoms with Crippen LogP contribution in [0.2, 0.25) is 0 Å². The van der Waals surface area contributed by atoms with Gasteiger partial charge in [-0.15, -0.1) is 0 Å². The summed E-state index contributed by atoms with van der Waals surface area (Å²) in [4.78, 5) is 7.58. The molecule has 2 heterocycles. The second-order valence-electron chi connectivity index (χ2n) is 5.06. The minimum atomic E-state index is -1.44. The Bertz CT molecular complexity index is 883. The monoisotopic (exact) mass is 335 g/mol. The van der Waals surface area contributed by atoms with Crippen molar-refractivity contribution in [2.24, 2.45) is 0 Å². The molecule has 0 aliphatic rings. The number of aliphatic hydroxyl groups excluding tert-OH is 1. The van der Waals surface area contributed by atoms with Crippen molar-refractivity contribution in [2.45, 2.75) is 13.0 Å². The van der Waals surface area contributed by atoms with Gasteiger partial charge in [0.25, 0.3) is 0 Å². The molecule has 0 aliphatic carbocycles. The van der Waals surface area contributed by atoms with E-state index < -0.39 is 23.6 Å². The summed E-state index contributed by atoms with van der Waals surface area (Å²) in [6.45, 7) is 1.77. The summed E-state index contributed by atoms with van der Waals surface area (Å²) < 4.78 is 40.1. The molecule has 0 radical (unpaired) electrons. The number of halogens is 3. The SMILES string of the molecule is Cc1cc(Nc2nc(C(O)c3ccc(F)c(F)c3)ncc2F)n[nH]1. The Morgan fingerprint density at radius 1 is 1.12 bits per heavy atom. The zero-order valence-electron chi connectivity index (χ0n) is 12.4. The Morgan fingerprint density at radius 2 is 1.92 bits per heavy atom. The number of rotatable bonds is 4. The van der Waals surface area contributed by atoms with Gasteiger partial charge in [0.1, 0.15) is 6.10 Å². The van der Waals surface area contributed by atoms with E-state index in [1.54, 1.807) is 13.0 Å². The van der Waals surface area contributed by atoms with E-state index in [0.29, 0.717) is 5.82 Å². The van der Waals surface area contributed by atoms with Crippen molar-refractivity contribution in [2.75, 3.05) is 5.32 Å². The molecular formula is C15H12F3N5O. The third-order valence-corrected chi connectivity index (χ3v) is 3.22. The zero-order chi connectivity index (χ0) is 17.3. The first kappa shape index (κ1) is 15.9. The molecule has 3 aromatic rings. The van der Waals surface area contributed by atoms with Gasteiger partial charge in [-0.1, -0.05) is 6.07 Å². The van der Waals surface area contributed by atoms with Crippen molar-refractivity contribution in [3.05, 3.63) is 65.0 Å². The second kappa shape index (κ2) is 6.28. The topological polar surface area (TPSA) is 86.7 Å². The molecule has 1 unspecified atom stereocenters. The molecule has 0 fully saturated rings. The van der Waals surface area contributed by atoms with Gasteiger partial charge in [-0.2, -0.15) is 5.10 Å². The lowest BCUT2D eigenvalue weighted by Crippen LogP contribution is -2.09. The maximum absolute atomic E-state index is 13.8. The number of benzene rings is 1. The van der Waals surface area contributed by atoms with Gasteiger partial charge in [-0.25, -0.2) is 23.1 Å². The fourth-order valence-corrected chi connectivity index (χ4v) is 2.04. The van der Waals surface area contributed by atoms with Gasteiger partial charge >= 0.3 is 0 Å². The maximum atomic E-state index is 13.8. The Labute approximate surface area is 134 Å². The molecule has 3 N–H and O–H groups in total.